The smallest absolute Gasteiger partial charge is 0.320 e. The zero-order valence-electron chi connectivity index (χ0n) is 9.23. The number of benzene rings is 1. The van der Waals surface area contributed by atoms with Crippen molar-refractivity contribution in [2.45, 2.75) is 25.2 Å². The van der Waals surface area contributed by atoms with Crippen molar-refractivity contribution in [2.75, 3.05) is 6.54 Å². The highest BCUT2D eigenvalue weighted by Crippen LogP contribution is 2.18. The van der Waals surface area contributed by atoms with Crippen LogP contribution in [0.1, 0.15) is 12.0 Å². The van der Waals surface area contributed by atoms with Crippen LogP contribution in [-0.2, 0) is 16.1 Å². The number of aliphatic carboxylic acids is 1. The molecule has 1 aromatic rings. The fraction of sp³-hybridized carbons (Fsp3) is 0.417. The molecule has 2 rings (SSSR count). The molecule has 1 heterocycles. The molecular formula is C12H14ClNO3. The zero-order chi connectivity index (χ0) is 12.3. The number of ether oxygens (including phenoxy) is 1. The van der Waals surface area contributed by atoms with Gasteiger partial charge >= 0.3 is 5.97 Å². The number of carbonyl (C=O) groups is 1. The van der Waals surface area contributed by atoms with E-state index in [1.807, 2.05) is 24.3 Å². The number of nitrogens with one attached hydrogen (secondary N) is 1. The van der Waals surface area contributed by atoms with Gasteiger partial charge in [-0.05, 0) is 11.6 Å². The molecule has 17 heavy (non-hydrogen) atoms. The van der Waals surface area contributed by atoms with E-state index in [2.05, 4.69) is 5.32 Å². The standard InChI is InChI=1S/C12H14ClNO3/c13-10-4-2-1-3-8(10)7-17-9-5-11(12(15)16)14-6-9/h1-4,9,11,14H,5-7H2,(H,15,16)/t9-,11-/m0/s1. The Balaban J connectivity index is 1.84. The molecule has 0 radical (unpaired) electrons. The number of carboxylic acids is 1. The maximum absolute atomic E-state index is 10.7. The summed E-state index contributed by atoms with van der Waals surface area (Å²) >= 11 is 6.00. The summed E-state index contributed by atoms with van der Waals surface area (Å²) in [6.07, 6.45) is 0.437. The Morgan fingerprint density at radius 1 is 1.53 bits per heavy atom. The van der Waals surface area contributed by atoms with Crippen LogP contribution in [0.2, 0.25) is 5.02 Å². The Morgan fingerprint density at radius 3 is 2.94 bits per heavy atom. The summed E-state index contributed by atoms with van der Waals surface area (Å²) in [5.41, 5.74) is 0.924. The van der Waals surface area contributed by atoms with Gasteiger partial charge in [0.2, 0.25) is 0 Å². The third-order valence-corrected chi connectivity index (χ3v) is 3.19. The molecule has 92 valence electrons. The van der Waals surface area contributed by atoms with Crippen LogP contribution < -0.4 is 5.32 Å². The molecule has 1 fully saturated rings. The molecule has 0 unspecified atom stereocenters. The number of hydrogen-bond donors (Lipinski definition) is 2. The third kappa shape index (κ3) is 3.19. The average molecular weight is 256 g/mol. The molecule has 4 nitrogen and oxygen atoms in total. The van der Waals surface area contributed by atoms with Crippen molar-refractivity contribution in [2.24, 2.45) is 0 Å². The lowest BCUT2D eigenvalue weighted by Crippen LogP contribution is -2.29. The highest BCUT2D eigenvalue weighted by atomic mass is 35.5. The Labute approximate surface area is 105 Å². The molecule has 0 aliphatic carbocycles. The molecular weight excluding hydrogens is 242 g/mol. The predicted molar refractivity (Wildman–Crippen MR) is 64.1 cm³/mol. The average Bonchev–Trinajstić information content (AvgIpc) is 2.77. The van der Waals surface area contributed by atoms with Crippen molar-refractivity contribution in [3.8, 4) is 0 Å². The van der Waals surface area contributed by atoms with E-state index >= 15 is 0 Å². The summed E-state index contributed by atoms with van der Waals surface area (Å²) < 4.78 is 5.64. The first-order valence-corrected chi connectivity index (χ1v) is 5.86. The molecule has 0 bridgehead atoms. The first kappa shape index (κ1) is 12.4. The van der Waals surface area contributed by atoms with Crippen molar-refractivity contribution in [1.29, 1.82) is 0 Å². The van der Waals surface area contributed by atoms with E-state index < -0.39 is 12.0 Å². The van der Waals surface area contributed by atoms with Gasteiger partial charge in [-0.3, -0.25) is 4.79 Å². The third-order valence-electron chi connectivity index (χ3n) is 2.82. The quantitative estimate of drug-likeness (QED) is 0.859. The van der Waals surface area contributed by atoms with Crippen LogP contribution in [0.4, 0.5) is 0 Å². The van der Waals surface area contributed by atoms with Gasteiger partial charge in [-0.2, -0.15) is 0 Å². The van der Waals surface area contributed by atoms with Gasteiger partial charge in [-0.1, -0.05) is 29.8 Å². The highest BCUT2D eigenvalue weighted by Gasteiger charge is 2.29. The van der Waals surface area contributed by atoms with Crippen LogP contribution in [0.25, 0.3) is 0 Å². The minimum absolute atomic E-state index is 0.0626. The summed E-state index contributed by atoms with van der Waals surface area (Å²) in [5, 5.41) is 12.4. The largest absolute Gasteiger partial charge is 0.480 e. The number of hydrogen-bond acceptors (Lipinski definition) is 3. The van der Waals surface area contributed by atoms with Crippen LogP contribution in [0.3, 0.4) is 0 Å². The van der Waals surface area contributed by atoms with E-state index in [9.17, 15) is 4.79 Å². The first-order valence-electron chi connectivity index (χ1n) is 5.48. The van der Waals surface area contributed by atoms with Gasteiger partial charge in [0.05, 0.1) is 12.7 Å². The molecule has 1 aliphatic heterocycles. The predicted octanol–water partition coefficient (Wildman–Crippen LogP) is 1.67. The second-order valence-corrected chi connectivity index (χ2v) is 4.47. The van der Waals surface area contributed by atoms with Crippen LogP contribution in [0.15, 0.2) is 24.3 Å². The highest BCUT2D eigenvalue weighted by molar-refractivity contribution is 6.31. The van der Waals surface area contributed by atoms with Gasteiger partial charge in [0, 0.05) is 18.0 Å². The van der Waals surface area contributed by atoms with Gasteiger partial charge in [-0.15, -0.1) is 0 Å². The summed E-state index contributed by atoms with van der Waals surface area (Å²) in [5.74, 6) is -0.825. The lowest BCUT2D eigenvalue weighted by atomic mass is 10.2. The minimum Gasteiger partial charge on any atom is -0.480 e. The summed E-state index contributed by atoms with van der Waals surface area (Å²) in [6, 6.07) is 6.99. The van der Waals surface area contributed by atoms with Crippen LogP contribution in [-0.4, -0.2) is 29.8 Å². The normalized spacial score (nSPS) is 23.8. The molecule has 1 aromatic carbocycles. The van der Waals surface area contributed by atoms with Gasteiger partial charge in [-0.25, -0.2) is 0 Å². The van der Waals surface area contributed by atoms with Gasteiger partial charge < -0.3 is 15.2 Å². The van der Waals surface area contributed by atoms with Crippen LogP contribution in [0, 0.1) is 0 Å². The fourth-order valence-electron chi connectivity index (χ4n) is 1.84. The summed E-state index contributed by atoms with van der Waals surface area (Å²) in [7, 11) is 0. The van der Waals surface area contributed by atoms with E-state index in [0.717, 1.165) is 5.56 Å². The van der Waals surface area contributed by atoms with Gasteiger partial charge in [0.15, 0.2) is 0 Å². The Hall–Kier alpha value is -1.10. The molecule has 0 aromatic heterocycles. The van der Waals surface area contributed by atoms with Crippen LogP contribution in [0.5, 0.6) is 0 Å². The Bertz CT molecular complexity index is 410. The Morgan fingerprint density at radius 2 is 2.29 bits per heavy atom. The zero-order valence-corrected chi connectivity index (χ0v) is 9.98. The number of carboxylic acid groups (broad SMARTS) is 1. The molecule has 0 spiro atoms. The molecule has 0 saturated carbocycles. The van der Waals surface area contributed by atoms with Crippen molar-refractivity contribution in [3.63, 3.8) is 0 Å². The van der Waals surface area contributed by atoms with Crippen molar-refractivity contribution < 1.29 is 14.6 Å². The molecule has 2 atom stereocenters. The molecule has 1 aliphatic rings. The first-order chi connectivity index (χ1) is 8.16. The van der Waals surface area contributed by atoms with Crippen molar-refractivity contribution in [1.82, 2.24) is 5.32 Å². The lowest BCUT2D eigenvalue weighted by molar-refractivity contribution is -0.139. The summed E-state index contributed by atoms with van der Waals surface area (Å²) in [6.45, 7) is 0.986. The van der Waals surface area contributed by atoms with E-state index in [4.69, 9.17) is 21.4 Å². The second-order valence-electron chi connectivity index (χ2n) is 4.06. The Kier molecular flexibility index (Phi) is 3.99. The topological polar surface area (TPSA) is 58.6 Å². The van der Waals surface area contributed by atoms with Gasteiger partial charge in [0.1, 0.15) is 6.04 Å². The maximum atomic E-state index is 10.7. The maximum Gasteiger partial charge on any atom is 0.320 e. The molecule has 2 N–H and O–H groups in total. The molecule has 1 saturated heterocycles. The lowest BCUT2D eigenvalue weighted by Gasteiger charge is -2.11. The van der Waals surface area contributed by atoms with Crippen molar-refractivity contribution >= 4 is 17.6 Å². The molecule has 0 amide bonds. The fourth-order valence-corrected chi connectivity index (χ4v) is 2.03. The van der Waals surface area contributed by atoms with Gasteiger partial charge in [0.25, 0.3) is 0 Å². The molecule has 5 heteroatoms. The van der Waals surface area contributed by atoms with Crippen molar-refractivity contribution in [3.05, 3.63) is 34.9 Å². The van der Waals surface area contributed by atoms with Crippen LogP contribution >= 0.6 is 11.6 Å². The van der Waals surface area contributed by atoms with E-state index in [0.29, 0.717) is 24.6 Å². The van der Waals surface area contributed by atoms with E-state index in [1.54, 1.807) is 0 Å². The van der Waals surface area contributed by atoms with E-state index in [-0.39, 0.29) is 6.10 Å². The SMILES string of the molecule is O=C(O)[C@@H]1C[C@H](OCc2ccccc2Cl)CN1. The summed E-state index contributed by atoms with van der Waals surface area (Å²) in [4.78, 5) is 10.7. The second kappa shape index (κ2) is 5.49. The monoisotopic (exact) mass is 255 g/mol. The minimum atomic E-state index is -0.825. The number of rotatable bonds is 4. The number of halogens is 1. The van der Waals surface area contributed by atoms with E-state index in [1.165, 1.54) is 0 Å².